The Bertz CT molecular complexity index is 659. The van der Waals surface area contributed by atoms with Gasteiger partial charge in [-0.15, -0.1) is 0 Å². The van der Waals surface area contributed by atoms with E-state index in [0.29, 0.717) is 16.6 Å². The number of rotatable bonds is 5. The molecule has 0 radical (unpaired) electrons. The summed E-state index contributed by atoms with van der Waals surface area (Å²) in [4.78, 5) is 18.8. The maximum absolute atomic E-state index is 10.9. The molecule has 2 aromatic rings. The molecule has 8 nitrogen and oxygen atoms in total. The first-order valence-electron chi connectivity index (χ1n) is 5.78. The molecule has 0 saturated carbocycles. The van der Waals surface area contributed by atoms with Gasteiger partial charge in [0.15, 0.2) is 0 Å². The number of aliphatic hydroxyl groups is 1. The van der Waals surface area contributed by atoms with E-state index in [-0.39, 0.29) is 30.5 Å². The third kappa shape index (κ3) is 2.45. The van der Waals surface area contributed by atoms with Crippen LogP contribution in [0.25, 0.3) is 11.0 Å². The number of benzene rings is 1. The molecule has 1 aromatic heterocycles. The number of nitrogens with zero attached hydrogens (tertiary/aromatic N) is 3. The highest BCUT2D eigenvalue weighted by Crippen LogP contribution is 2.29. The number of nitro groups is 1. The highest BCUT2D eigenvalue weighted by Gasteiger charge is 2.17. The summed E-state index contributed by atoms with van der Waals surface area (Å²) in [7, 11) is 2.83. The van der Waals surface area contributed by atoms with Crippen LogP contribution in [0.2, 0.25) is 0 Å². The van der Waals surface area contributed by atoms with Crippen molar-refractivity contribution in [2.24, 2.45) is 0 Å². The first kappa shape index (κ1) is 13.9. The standard InChI is InChI=1S/C12H13N3O5/c1-19-11-12(20-2)14-10-7(3-4-16)5-8(15(17)18)6-9(10)13-11/h5-6,16H,3-4H2,1-2H3. The number of hydrogen-bond donors (Lipinski definition) is 1. The Balaban J connectivity index is 2.75. The van der Waals surface area contributed by atoms with E-state index >= 15 is 0 Å². The van der Waals surface area contributed by atoms with E-state index < -0.39 is 4.92 Å². The second-order valence-corrected chi connectivity index (χ2v) is 3.95. The average Bonchev–Trinajstić information content (AvgIpc) is 2.45. The second kappa shape index (κ2) is 5.66. The van der Waals surface area contributed by atoms with Gasteiger partial charge in [-0.3, -0.25) is 10.1 Å². The molecule has 8 heteroatoms. The van der Waals surface area contributed by atoms with E-state index in [4.69, 9.17) is 14.6 Å². The predicted molar refractivity (Wildman–Crippen MR) is 70.1 cm³/mol. The molecule has 1 heterocycles. The number of non-ortho nitro benzene ring substituents is 1. The number of hydrogen-bond acceptors (Lipinski definition) is 7. The molecule has 0 aliphatic carbocycles. The van der Waals surface area contributed by atoms with Crippen LogP contribution < -0.4 is 9.47 Å². The summed E-state index contributed by atoms with van der Waals surface area (Å²) in [6.07, 6.45) is 0.238. The molecule has 0 aliphatic rings. The van der Waals surface area contributed by atoms with Crippen molar-refractivity contribution in [1.82, 2.24) is 9.97 Å². The minimum absolute atomic E-state index is 0.109. The monoisotopic (exact) mass is 279 g/mol. The van der Waals surface area contributed by atoms with E-state index in [1.54, 1.807) is 0 Å². The summed E-state index contributed by atoms with van der Waals surface area (Å²) in [6, 6.07) is 2.68. The maximum atomic E-state index is 10.9. The van der Waals surface area contributed by atoms with Crippen molar-refractivity contribution >= 4 is 16.7 Å². The van der Waals surface area contributed by atoms with Crippen LogP contribution in [0.5, 0.6) is 11.8 Å². The number of ether oxygens (including phenoxy) is 2. The van der Waals surface area contributed by atoms with Crippen LogP contribution in [0.4, 0.5) is 5.69 Å². The zero-order valence-corrected chi connectivity index (χ0v) is 11.0. The molecular weight excluding hydrogens is 266 g/mol. The van der Waals surface area contributed by atoms with Gasteiger partial charge in [-0.25, -0.2) is 9.97 Å². The SMILES string of the molecule is COc1nc2cc([N+](=O)[O-])cc(CCO)c2nc1OC. The van der Waals surface area contributed by atoms with Crippen molar-refractivity contribution in [1.29, 1.82) is 0 Å². The van der Waals surface area contributed by atoms with Crippen LogP contribution in [-0.2, 0) is 6.42 Å². The Kier molecular flexibility index (Phi) is 3.94. The van der Waals surface area contributed by atoms with Gasteiger partial charge in [-0.1, -0.05) is 0 Å². The Hall–Kier alpha value is -2.48. The third-order valence-corrected chi connectivity index (χ3v) is 2.75. The topological polar surface area (TPSA) is 108 Å². The minimum atomic E-state index is -0.515. The zero-order valence-electron chi connectivity index (χ0n) is 11.0. The number of aliphatic hydroxyl groups excluding tert-OH is 1. The van der Waals surface area contributed by atoms with E-state index in [0.717, 1.165) is 0 Å². The van der Waals surface area contributed by atoms with Gasteiger partial charge in [-0.2, -0.15) is 0 Å². The van der Waals surface area contributed by atoms with Crippen LogP contribution in [0, 0.1) is 10.1 Å². The highest BCUT2D eigenvalue weighted by atomic mass is 16.6. The molecule has 1 N–H and O–H groups in total. The maximum Gasteiger partial charge on any atom is 0.278 e. The Morgan fingerprint density at radius 2 is 1.90 bits per heavy atom. The average molecular weight is 279 g/mol. The lowest BCUT2D eigenvalue weighted by Crippen LogP contribution is -2.02. The fourth-order valence-corrected chi connectivity index (χ4v) is 1.86. The summed E-state index contributed by atoms with van der Waals surface area (Å²) < 4.78 is 10.1. The number of aromatic nitrogens is 2. The third-order valence-electron chi connectivity index (χ3n) is 2.75. The van der Waals surface area contributed by atoms with Crippen molar-refractivity contribution < 1.29 is 19.5 Å². The van der Waals surface area contributed by atoms with Crippen LogP contribution in [0.15, 0.2) is 12.1 Å². The van der Waals surface area contributed by atoms with Crippen LogP contribution in [-0.4, -0.2) is 40.8 Å². The first-order chi connectivity index (χ1) is 9.60. The normalized spacial score (nSPS) is 10.6. The van der Waals surface area contributed by atoms with Crippen LogP contribution in [0.3, 0.4) is 0 Å². The van der Waals surface area contributed by atoms with Crippen molar-refractivity contribution in [2.75, 3.05) is 20.8 Å². The lowest BCUT2D eigenvalue weighted by atomic mass is 10.1. The van der Waals surface area contributed by atoms with Gasteiger partial charge in [-0.05, 0) is 12.0 Å². The lowest BCUT2D eigenvalue weighted by Gasteiger charge is -2.09. The van der Waals surface area contributed by atoms with Gasteiger partial charge in [0.05, 0.1) is 24.7 Å². The minimum Gasteiger partial charge on any atom is -0.477 e. The smallest absolute Gasteiger partial charge is 0.278 e. The van der Waals surface area contributed by atoms with Crippen molar-refractivity contribution in [3.05, 3.63) is 27.8 Å². The number of nitro benzene ring substituents is 1. The fraction of sp³-hybridized carbons (Fsp3) is 0.333. The zero-order chi connectivity index (χ0) is 14.7. The quantitative estimate of drug-likeness (QED) is 0.644. The Morgan fingerprint density at radius 1 is 1.25 bits per heavy atom. The summed E-state index contributed by atoms with van der Waals surface area (Å²) in [5.74, 6) is 0.337. The van der Waals surface area contributed by atoms with Crippen LogP contribution in [0.1, 0.15) is 5.56 Å². The van der Waals surface area contributed by atoms with Gasteiger partial charge in [0.1, 0.15) is 5.52 Å². The summed E-state index contributed by atoms with van der Waals surface area (Å²) in [6.45, 7) is -0.147. The Labute approximate surface area is 114 Å². The number of fused-ring (bicyclic) bond motifs is 1. The molecule has 0 aliphatic heterocycles. The molecule has 2 rings (SSSR count). The molecule has 20 heavy (non-hydrogen) atoms. The largest absolute Gasteiger partial charge is 0.477 e. The van der Waals surface area contributed by atoms with Gasteiger partial charge < -0.3 is 14.6 Å². The van der Waals surface area contributed by atoms with Gasteiger partial charge in [0.2, 0.25) is 0 Å². The Morgan fingerprint density at radius 3 is 2.45 bits per heavy atom. The summed E-state index contributed by atoms with van der Waals surface area (Å²) in [5.41, 5.74) is 1.19. The number of methoxy groups -OCH3 is 2. The molecule has 0 spiro atoms. The van der Waals surface area contributed by atoms with E-state index in [2.05, 4.69) is 9.97 Å². The molecule has 0 bridgehead atoms. The van der Waals surface area contributed by atoms with E-state index in [1.807, 2.05) is 0 Å². The van der Waals surface area contributed by atoms with E-state index in [1.165, 1.54) is 26.4 Å². The summed E-state index contributed by atoms with van der Waals surface area (Å²) in [5, 5.41) is 20.0. The first-order valence-corrected chi connectivity index (χ1v) is 5.78. The molecule has 0 unspecified atom stereocenters. The molecule has 0 fully saturated rings. The second-order valence-electron chi connectivity index (χ2n) is 3.95. The molecule has 0 saturated heterocycles. The molecule has 0 amide bonds. The molecule has 106 valence electrons. The summed E-state index contributed by atoms with van der Waals surface area (Å²) >= 11 is 0. The van der Waals surface area contributed by atoms with Crippen molar-refractivity contribution in [3.63, 3.8) is 0 Å². The van der Waals surface area contributed by atoms with Gasteiger partial charge in [0, 0.05) is 18.7 Å². The predicted octanol–water partition coefficient (Wildman–Crippen LogP) is 1.09. The van der Waals surface area contributed by atoms with E-state index in [9.17, 15) is 10.1 Å². The highest BCUT2D eigenvalue weighted by molar-refractivity contribution is 5.82. The van der Waals surface area contributed by atoms with Gasteiger partial charge in [0.25, 0.3) is 17.4 Å². The molecule has 0 atom stereocenters. The van der Waals surface area contributed by atoms with Gasteiger partial charge >= 0.3 is 0 Å². The molecule has 1 aromatic carbocycles. The molecular formula is C12H13N3O5. The van der Waals surface area contributed by atoms with Crippen molar-refractivity contribution in [2.45, 2.75) is 6.42 Å². The van der Waals surface area contributed by atoms with Crippen molar-refractivity contribution in [3.8, 4) is 11.8 Å². The lowest BCUT2D eigenvalue weighted by molar-refractivity contribution is -0.384. The van der Waals surface area contributed by atoms with Crippen LogP contribution >= 0.6 is 0 Å². The fourth-order valence-electron chi connectivity index (χ4n) is 1.86.